The second-order valence-electron chi connectivity index (χ2n) is 6.64. The molecule has 1 aliphatic heterocycles. The van der Waals surface area contributed by atoms with E-state index in [2.05, 4.69) is 10.6 Å². The third-order valence-electron chi connectivity index (χ3n) is 4.33. The Kier molecular flexibility index (Phi) is 10.0. The Hall–Kier alpha value is -1.71. The lowest BCUT2D eigenvalue weighted by atomic mass is 9.96. The first-order chi connectivity index (χ1) is 13.6. The molecule has 13 nitrogen and oxygen atoms in total. The van der Waals surface area contributed by atoms with Crippen molar-refractivity contribution in [3.63, 3.8) is 0 Å². The largest absolute Gasteiger partial charge is 0.394 e. The average molecular weight is 424 g/mol. The maximum absolute atomic E-state index is 11.5. The second kappa shape index (κ2) is 11.5. The van der Waals surface area contributed by atoms with E-state index >= 15 is 0 Å². The predicted molar refractivity (Wildman–Crippen MR) is 93.0 cm³/mol. The molecular formula is C16H28N2O11. The minimum absolute atomic E-state index is 0.213. The van der Waals surface area contributed by atoms with E-state index in [1.807, 2.05) is 0 Å². The molecular weight excluding hydrogens is 396 g/mol. The number of carbonyl (C=O) groups excluding carboxylic acids is 3. The van der Waals surface area contributed by atoms with E-state index in [0.717, 1.165) is 13.8 Å². The minimum Gasteiger partial charge on any atom is -0.394 e. The second-order valence-corrected chi connectivity index (χ2v) is 6.64. The first-order valence-electron chi connectivity index (χ1n) is 8.81. The molecule has 1 saturated heterocycles. The van der Waals surface area contributed by atoms with Gasteiger partial charge in [-0.1, -0.05) is 0 Å². The Labute approximate surface area is 166 Å². The fourth-order valence-corrected chi connectivity index (χ4v) is 2.87. The lowest BCUT2D eigenvalue weighted by Gasteiger charge is -2.44. The van der Waals surface area contributed by atoms with Crippen LogP contribution in [0.3, 0.4) is 0 Å². The Morgan fingerprint density at radius 2 is 1.76 bits per heavy atom. The number of rotatable bonds is 10. The standard InChI is InChI=1S/C16H28N2O11/c1-6(22)17-8(3-19)15(12(25)9(24)4-20)29-16-11(18-7(2)23)14(27)13(26)10(5-21)28-16/h3,8-16,20-21,24-27H,4-5H2,1-2H3,(H,17,22)(H,18,23)/t8-,9+,10+,11+,12-,13+,14+,15+,16-/m0/s1. The van der Waals surface area contributed by atoms with Crippen LogP contribution in [0.1, 0.15) is 13.8 Å². The van der Waals surface area contributed by atoms with E-state index in [1.54, 1.807) is 0 Å². The van der Waals surface area contributed by atoms with Crippen LogP contribution >= 0.6 is 0 Å². The van der Waals surface area contributed by atoms with Gasteiger partial charge in [0.05, 0.1) is 13.2 Å². The highest BCUT2D eigenvalue weighted by atomic mass is 16.7. The van der Waals surface area contributed by atoms with Gasteiger partial charge in [0, 0.05) is 13.8 Å². The van der Waals surface area contributed by atoms with Gasteiger partial charge in [-0.15, -0.1) is 0 Å². The van der Waals surface area contributed by atoms with Crippen molar-refractivity contribution in [3.05, 3.63) is 0 Å². The molecule has 0 unspecified atom stereocenters. The SMILES string of the molecule is CC(=O)N[C@H]1[C@H](O[C@@H]([C@@H](O)[C@H](O)CO)[C@H](C=O)NC(C)=O)O[C@H](CO)[C@@H](O)[C@@H]1O. The van der Waals surface area contributed by atoms with Crippen LogP contribution in [0.4, 0.5) is 0 Å². The fraction of sp³-hybridized carbons (Fsp3) is 0.812. The van der Waals surface area contributed by atoms with Crippen molar-refractivity contribution in [2.45, 2.75) is 68.8 Å². The molecule has 9 atom stereocenters. The number of hydrogen-bond acceptors (Lipinski definition) is 11. The molecule has 0 radical (unpaired) electrons. The van der Waals surface area contributed by atoms with E-state index in [0.29, 0.717) is 0 Å². The molecule has 29 heavy (non-hydrogen) atoms. The zero-order valence-electron chi connectivity index (χ0n) is 15.9. The van der Waals surface area contributed by atoms with Crippen LogP contribution in [0.5, 0.6) is 0 Å². The lowest BCUT2D eigenvalue weighted by Crippen LogP contribution is -2.66. The molecule has 1 heterocycles. The third-order valence-corrected chi connectivity index (χ3v) is 4.33. The topological polar surface area (TPSA) is 215 Å². The Morgan fingerprint density at radius 1 is 1.14 bits per heavy atom. The Bertz CT molecular complexity index is 563. The summed E-state index contributed by atoms with van der Waals surface area (Å²) >= 11 is 0. The zero-order valence-corrected chi connectivity index (χ0v) is 15.9. The van der Waals surface area contributed by atoms with Crippen LogP contribution in [0.2, 0.25) is 0 Å². The van der Waals surface area contributed by atoms with E-state index < -0.39 is 80.0 Å². The van der Waals surface area contributed by atoms with Gasteiger partial charge in [-0.25, -0.2) is 0 Å². The smallest absolute Gasteiger partial charge is 0.217 e. The van der Waals surface area contributed by atoms with Crippen LogP contribution in [-0.2, 0) is 23.9 Å². The van der Waals surface area contributed by atoms with Crippen LogP contribution in [0.25, 0.3) is 0 Å². The molecule has 1 rings (SSSR count). The summed E-state index contributed by atoms with van der Waals surface area (Å²) in [6.45, 7) is 0.553. The van der Waals surface area contributed by atoms with E-state index in [1.165, 1.54) is 0 Å². The van der Waals surface area contributed by atoms with Crippen molar-refractivity contribution in [1.82, 2.24) is 10.6 Å². The number of aliphatic hydroxyl groups is 6. The summed E-state index contributed by atoms with van der Waals surface area (Å²) in [6.07, 6.45) is -11.4. The van der Waals surface area contributed by atoms with Crippen LogP contribution in [0, 0.1) is 0 Å². The molecule has 0 bridgehead atoms. The number of hydrogen-bond donors (Lipinski definition) is 8. The highest BCUT2D eigenvalue weighted by Gasteiger charge is 2.48. The molecule has 0 aromatic heterocycles. The molecule has 0 aliphatic carbocycles. The van der Waals surface area contributed by atoms with Gasteiger partial charge < -0.3 is 55.5 Å². The van der Waals surface area contributed by atoms with Gasteiger partial charge in [-0.05, 0) is 0 Å². The van der Waals surface area contributed by atoms with Crippen LogP contribution < -0.4 is 10.6 Å². The summed E-state index contributed by atoms with van der Waals surface area (Å²) in [6, 6.07) is -2.90. The number of aldehydes is 1. The van der Waals surface area contributed by atoms with E-state index in [4.69, 9.17) is 14.6 Å². The maximum Gasteiger partial charge on any atom is 0.217 e. The van der Waals surface area contributed by atoms with Crippen molar-refractivity contribution in [2.24, 2.45) is 0 Å². The molecule has 1 fully saturated rings. The molecule has 0 saturated carbocycles. The van der Waals surface area contributed by atoms with E-state index in [9.17, 15) is 39.9 Å². The van der Waals surface area contributed by atoms with Gasteiger partial charge in [0.15, 0.2) is 6.29 Å². The molecule has 168 valence electrons. The molecule has 2 amide bonds. The van der Waals surface area contributed by atoms with Crippen molar-refractivity contribution in [1.29, 1.82) is 0 Å². The van der Waals surface area contributed by atoms with Gasteiger partial charge in [0.25, 0.3) is 0 Å². The van der Waals surface area contributed by atoms with Crippen molar-refractivity contribution in [3.8, 4) is 0 Å². The number of aliphatic hydroxyl groups excluding tert-OH is 6. The highest BCUT2D eigenvalue weighted by Crippen LogP contribution is 2.25. The third kappa shape index (κ3) is 6.65. The normalized spacial score (nSPS) is 31.2. The monoisotopic (exact) mass is 424 g/mol. The minimum atomic E-state index is -1.90. The first-order valence-corrected chi connectivity index (χ1v) is 8.81. The number of nitrogens with one attached hydrogen (secondary N) is 2. The summed E-state index contributed by atoms with van der Waals surface area (Å²) in [7, 11) is 0. The number of ether oxygens (including phenoxy) is 2. The van der Waals surface area contributed by atoms with Gasteiger partial charge in [0.2, 0.25) is 11.8 Å². The number of carbonyl (C=O) groups is 3. The van der Waals surface area contributed by atoms with Crippen molar-refractivity contribution in [2.75, 3.05) is 13.2 Å². The van der Waals surface area contributed by atoms with Crippen molar-refractivity contribution < 1.29 is 54.5 Å². The predicted octanol–water partition coefficient (Wildman–Crippen LogP) is -5.27. The van der Waals surface area contributed by atoms with Crippen LogP contribution in [-0.4, -0.2) is 117 Å². The quantitative estimate of drug-likeness (QED) is 0.155. The summed E-state index contributed by atoms with van der Waals surface area (Å²) in [5.41, 5.74) is 0. The maximum atomic E-state index is 11.5. The Balaban J connectivity index is 3.23. The molecule has 1 aliphatic rings. The molecule has 13 heteroatoms. The summed E-state index contributed by atoms with van der Waals surface area (Å²) in [5, 5.41) is 63.2. The van der Waals surface area contributed by atoms with E-state index in [-0.39, 0.29) is 6.29 Å². The lowest BCUT2D eigenvalue weighted by molar-refractivity contribution is -0.293. The summed E-state index contributed by atoms with van der Waals surface area (Å²) < 4.78 is 10.9. The molecule has 0 spiro atoms. The average Bonchev–Trinajstić information content (AvgIpc) is 2.67. The highest BCUT2D eigenvalue weighted by molar-refractivity contribution is 5.77. The summed E-state index contributed by atoms with van der Waals surface area (Å²) in [5.74, 6) is -1.31. The number of amides is 2. The summed E-state index contributed by atoms with van der Waals surface area (Å²) in [4.78, 5) is 34.3. The zero-order chi connectivity index (χ0) is 22.3. The first kappa shape index (κ1) is 25.3. The van der Waals surface area contributed by atoms with Gasteiger partial charge in [-0.3, -0.25) is 9.59 Å². The molecule has 0 aromatic carbocycles. The fourth-order valence-electron chi connectivity index (χ4n) is 2.87. The molecule has 8 N–H and O–H groups in total. The van der Waals surface area contributed by atoms with Gasteiger partial charge in [-0.2, -0.15) is 0 Å². The van der Waals surface area contributed by atoms with Gasteiger partial charge >= 0.3 is 0 Å². The molecule has 0 aromatic rings. The van der Waals surface area contributed by atoms with Crippen LogP contribution in [0.15, 0.2) is 0 Å². The van der Waals surface area contributed by atoms with Gasteiger partial charge in [0.1, 0.15) is 55.0 Å². The van der Waals surface area contributed by atoms with Crippen molar-refractivity contribution >= 4 is 18.1 Å². The Morgan fingerprint density at radius 3 is 2.21 bits per heavy atom.